The number of nitrogens with zero attached hydrogens (tertiary/aromatic N) is 1. The van der Waals surface area contributed by atoms with Crippen LogP contribution in [0.1, 0.15) is 55.8 Å². The Morgan fingerprint density at radius 1 is 1.11 bits per heavy atom. The molecule has 146 valence electrons. The second-order valence-electron chi connectivity index (χ2n) is 8.25. The molecule has 0 aliphatic heterocycles. The fourth-order valence-corrected chi connectivity index (χ4v) is 3.41. The van der Waals surface area contributed by atoms with Gasteiger partial charge < -0.3 is 10.5 Å². The lowest BCUT2D eigenvalue weighted by atomic mass is 9.84. The second kappa shape index (κ2) is 8.66. The van der Waals surface area contributed by atoms with Crippen LogP contribution in [0.25, 0.3) is 11.1 Å². The van der Waals surface area contributed by atoms with E-state index in [1.807, 2.05) is 0 Å². The SMILES string of the molecule is CCc1nc(CC(C)(C)C)c(CN)c(-c2ccc(C)cc2)c1CC(=O)OC. The largest absolute Gasteiger partial charge is 0.469 e. The van der Waals surface area contributed by atoms with Crippen molar-refractivity contribution in [3.63, 3.8) is 0 Å². The third-order valence-electron chi connectivity index (χ3n) is 4.70. The molecule has 2 aromatic rings. The van der Waals surface area contributed by atoms with Gasteiger partial charge in [-0.05, 0) is 47.4 Å². The number of esters is 1. The molecule has 1 aromatic carbocycles. The summed E-state index contributed by atoms with van der Waals surface area (Å²) in [6.07, 6.45) is 1.80. The van der Waals surface area contributed by atoms with Gasteiger partial charge in [0.25, 0.3) is 0 Å². The van der Waals surface area contributed by atoms with Crippen molar-refractivity contribution in [2.75, 3.05) is 7.11 Å². The Labute approximate surface area is 163 Å². The Hall–Kier alpha value is -2.20. The number of aromatic nitrogens is 1. The molecule has 2 rings (SSSR count). The van der Waals surface area contributed by atoms with Crippen molar-refractivity contribution >= 4 is 5.97 Å². The van der Waals surface area contributed by atoms with Crippen LogP contribution in [0.2, 0.25) is 0 Å². The lowest BCUT2D eigenvalue weighted by molar-refractivity contribution is -0.139. The molecular weight excluding hydrogens is 336 g/mol. The van der Waals surface area contributed by atoms with E-state index in [4.69, 9.17) is 15.5 Å². The van der Waals surface area contributed by atoms with Gasteiger partial charge in [-0.2, -0.15) is 0 Å². The molecule has 1 aromatic heterocycles. The number of hydrogen-bond acceptors (Lipinski definition) is 4. The van der Waals surface area contributed by atoms with Crippen LogP contribution in [0.3, 0.4) is 0 Å². The van der Waals surface area contributed by atoms with Crippen LogP contribution < -0.4 is 5.73 Å². The number of methoxy groups -OCH3 is 1. The minimum Gasteiger partial charge on any atom is -0.469 e. The van der Waals surface area contributed by atoms with E-state index in [0.29, 0.717) is 6.54 Å². The summed E-state index contributed by atoms with van der Waals surface area (Å²) in [5.41, 5.74) is 13.6. The zero-order chi connectivity index (χ0) is 20.2. The van der Waals surface area contributed by atoms with Gasteiger partial charge in [0.2, 0.25) is 0 Å². The maximum absolute atomic E-state index is 12.1. The maximum Gasteiger partial charge on any atom is 0.310 e. The van der Waals surface area contributed by atoms with E-state index in [-0.39, 0.29) is 17.8 Å². The molecule has 0 aliphatic rings. The molecule has 0 aliphatic carbocycles. The number of carbonyl (C=O) groups is 1. The predicted molar refractivity (Wildman–Crippen MR) is 111 cm³/mol. The smallest absolute Gasteiger partial charge is 0.310 e. The van der Waals surface area contributed by atoms with E-state index in [9.17, 15) is 4.79 Å². The van der Waals surface area contributed by atoms with Crippen LogP contribution >= 0.6 is 0 Å². The normalized spacial score (nSPS) is 11.5. The highest BCUT2D eigenvalue weighted by Gasteiger charge is 2.24. The lowest BCUT2D eigenvalue weighted by Gasteiger charge is -2.25. The summed E-state index contributed by atoms with van der Waals surface area (Å²) < 4.78 is 4.95. The van der Waals surface area contributed by atoms with Crippen LogP contribution in [0.5, 0.6) is 0 Å². The molecule has 1 heterocycles. The van der Waals surface area contributed by atoms with Gasteiger partial charge in [0, 0.05) is 17.9 Å². The Bertz CT molecular complexity index is 803. The van der Waals surface area contributed by atoms with Crippen LogP contribution in [0.4, 0.5) is 0 Å². The predicted octanol–water partition coefficient (Wildman–Crippen LogP) is 4.38. The number of hydrogen-bond donors (Lipinski definition) is 1. The van der Waals surface area contributed by atoms with E-state index >= 15 is 0 Å². The van der Waals surface area contributed by atoms with Crippen molar-refractivity contribution in [3.05, 3.63) is 52.3 Å². The first-order valence-corrected chi connectivity index (χ1v) is 9.57. The maximum atomic E-state index is 12.1. The highest BCUT2D eigenvalue weighted by molar-refractivity contribution is 5.80. The van der Waals surface area contributed by atoms with Gasteiger partial charge in [-0.3, -0.25) is 9.78 Å². The van der Waals surface area contributed by atoms with E-state index in [2.05, 4.69) is 58.9 Å². The topological polar surface area (TPSA) is 65.2 Å². The highest BCUT2D eigenvalue weighted by atomic mass is 16.5. The van der Waals surface area contributed by atoms with E-state index < -0.39 is 0 Å². The average Bonchev–Trinajstić information content (AvgIpc) is 2.61. The first-order chi connectivity index (χ1) is 12.7. The quantitative estimate of drug-likeness (QED) is 0.768. The highest BCUT2D eigenvalue weighted by Crippen LogP contribution is 2.34. The van der Waals surface area contributed by atoms with Gasteiger partial charge in [-0.15, -0.1) is 0 Å². The molecule has 0 unspecified atom stereocenters. The number of rotatable bonds is 6. The molecule has 0 fully saturated rings. The summed E-state index contributed by atoms with van der Waals surface area (Å²) in [5.74, 6) is -0.258. The Kier molecular flexibility index (Phi) is 6.77. The van der Waals surface area contributed by atoms with Gasteiger partial charge in [-0.25, -0.2) is 0 Å². The van der Waals surface area contributed by atoms with Gasteiger partial charge in [-0.1, -0.05) is 57.5 Å². The van der Waals surface area contributed by atoms with E-state index in [0.717, 1.165) is 46.5 Å². The fourth-order valence-electron chi connectivity index (χ4n) is 3.41. The average molecular weight is 369 g/mol. The van der Waals surface area contributed by atoms with Crippen LogP contribution in [0.15, 0.2) is 24.3 Å². The molecule has 0 radical (unpaired) electrons. The number of ether oxygens (including phenoxy) is 1. The van der Waals surface area contributed by atoms with Crippen LogP contribution in [0, 0.1) is 12.3 Å². The van der Waals surface area contributed by atoms with E-state index in [1.54, 1.807) is 0 Å². The van der Waals surface area contributed by atoms with Gasteiger partial charge in [0.05, 0.1) is 13.5 Å². The number of aryl methyl sites for hydroxylation is 2. The third kappa shape index (κ3) is 5.16. The van der Waals surface area contributed by atoms with E-state index in [1.165, 1.54) is 12.7 Å². The Morgan fingerprint density at radius 3 is 2.22 bits per heavy atom. The lowest BCUT2D eigenvalue weighted by Crippen LogP contribution is -2.19. The standard InChI is InChI=1S/C23H32N2O2/c1-7-19-17(12-21(26)27-6)22(16-10-8-15(2)9-11-16)18(14-24)20(25-19)13-23(3,4)5/h8-11H,7,12-14,24H2,1-6H3. The van der Waals surface area contributed by atoms with Gasteiger partial charge >= 0.3 is 5.97 Å². The first-order valence-electron chi connectivity index (χ1n) is 9.57. The molecule has 27 heavy (non-hydrogen) atoms. The number of benzene rings is 1. The summed E-state index contributed by atoms with van der Waals surface area (Å²) in [7, 11) is 1.42. The molecule has 0 saturated heterocycles. The Morgan fingerprint density at radius 2 is 1.74 bits per heavy atom. The molecule has 0 amide bonds. The van der Waals surface area contributed by atoms with Crippen LogP contribution in [-0.2, 0) is 35.3 Å². The van der Waals surface area contributed by atoms with Crippen molar-refractivity contribution < 1.29 is 9.53 Å². The molecule has 0 bridgehead atoms. The van der Waals surface area contributed by atoms with Crippen molar-refractivity contribution in [2.24, 2.45) is 11.1 Å². The van der Waals surface area contributed by atoms with Crippen LogP contribution in [-0.4, -0.2) is 18.1 Å². The molecule has 0 atom stereocenters. The summed E-state index contributed by atoms with van der Waals surface area (Å²) in [4.78, 5) is 17.1. The van der Waals surface area contributed by atoms with Crippen molar-refractivity contribution in [1.29, 1.82) is 0 Å². The fraction of sp³-hybridized carbons (Fsp3) is 0.478. The summed E-state index contributed by atoms with van der Waals surface area (Å²) in [6, 6.07) is 8.38. The molecule has 4 nitrogen and oxygen atoms in total. The Balaban J connectivity index is 2.81. The molecular formula is C23H32N2O2. The zero-order valence-corrected chi connectivity index (χ0v) is 17.5. The van der Waals surface area contributed by atoms with Crippen molar-refractivity contribution in [2.45, 2.75) is 60.4 Å². The van der Waals surface area contributed by atoms with Crippen molar-refractivity contribution in [1.82, 2.24) is 4.98 Å². The number of carbonyl (C=O) groups excluding carboxylic acids is 1. The number of nitrogens with two attached hydrogens (primary N) is 1. The minimum absolute atomic E-state index is 0.0936. The number of pyridine rings is 1. The zero-order valence-electron chi connectivity index (χ0n) is 17.5. The van der Waals surface area contributed by atoms with Gasteiger partial charge in [0.1, 0.15) is 0 Å². The second-order valence-corrected chi connectivity index (χ2v) is 8.25. The van der Waals surface area contributed by atoms with Gasteiger partial charge in [0.15, 0.2) is 0 Å². The third-order valence-corrected chi connectivity index (χ3v) is 4.70. The minimum atomic E-state index is -0.258. The summed E-state index contributed by atoms with van der Waals surface area (Å²) in [5, 5.41) is 0. The summed E-state index contributed by atoms with van der Waals surface area (Å²) in [6.45, 7) is 11.1. The molecule has 4 heteroatoms. The molecule has 2 N–H and O–H groups in total. The molecule has 0 spiro atoms. The van der Waals surface area contributed by atoms with Crippen molar-refractivity contribution in [3.8, 4) is 11.1 Å². The monoisotopic (exact) mass is 368 g/mol. The summed E-state index contributed by atoms with van der Waals surface area (Å²) >= 11 is 0. The molecule has 0 saturated carbocycles. The first kappa shape index (κ1) is 21.1.